The first-order valence-corrected chi connectivity index (χ1v) is 8.96. The number of hydrogen-bond donors (Lipinski definition) is 2. The first-order chi connectivity index (χ1) is 12.0. The van der Waals surface area contributed by atoms with Crippen LogP contribution in [0.1, 0.15) is 49.9 Å². The number of carbonyl (C=O) groups excluding carboxylic acids is 2. The Morgan fingerprint density at radius 1 is 1.20 bits per heavy atom. The van der Waals surface area contributed by atoms with Crippen molar-refractivity contribution in [1.82, 2.24) is 10.2 Å². The number of piperidine rings is 1. The van der Waals surface area contributed by atoms with Gasteiger partial charge in [-0.25, -0.2) is 0 Å². The summed E-state index contributed by atoms with van der Waals surface area (Å²) in [5.74, 6) is 0.384. The average molecular weight is 348 g/mol. The van der Waals surface area contributed by atoms with Crippen molar-refractivity contribution in [2.24, 2.45) is 0 Å². The van der Waals surface area contributed by atoms with E-state index in [1.807, 2.05) is 4.90 Å². The van der Waals surface area contributed by atoms with Gasteiger partial charge in [0, 0.05) is 30.8 Å². The number of ether oxygens (including phenoxy) is 1. The van der Waals surface area contributed by atoms with Crippen LogP contribution in [0.3, 0.4) is 0 Å². The van der Waals surface area contributed by atoms with Crippen LogP contribution < -0.4 is 10.1 Å². The van der Waals surface area contributed by atoms with E-state index < -0.39 is 0 Å². The SMILES string of the molecule is CC1CCCC(C)N1C(=O)COc1ccc(C(=O)NCCCO)cc1. The summed E-state index contributed by atoms with van der Waals surface area (Å²) in [6.45, 7) is 4.66. The van der Waals surface area contributed by atoms with Crippen molar-refractivity contribution in [3.63, 3.8) is 0 Å². The fourth-order valence-electron chi connectivity index (χ4n) is 3.22. The quantitative estimate of drug-likeness (QED) is 0.739. The van der Waals surface area contributed by atoms with Gasteiger partial charge in [0.05, 0.1) is 0 Å². The summed E-state index contributed by atoms with van der Waals surface area (Å²) in [5.41, 5.74) is 0.523. The van der Waals surface area contributed by atoms with E-state index in [1.54, 1.807) is 24.3 Å². The van der Waals surface area contributed by atoms with Crippen LogP contribution in [-0.2, 0) is 4.79 Å². The molecule has 1 saturated heterocycles. The Kier molecular flexibility index (Phi) is 7.25. The summed E-state index contributed by atoms with van der Waals surface area (Å²) in [6.07, 6.45) is 3.77. The second kappa shape index (κ2) is 9.42. The molecule has 1 aromatic carbocycles. The zero-order chi connectivity index (χ0) is 18.2. The van der Waals surface area contributed by atoms with Gasteiger partial charge in [-0.1, -0.05) is 0 Å². The van der Waals surface area contributed by atoms with E-state index in [9.17, 15) is 9.59 Å². The van der Waals surface area contributed by atoms with Crippen LogP contribution in [0.2, 0.25) is 0 Å². The third-order valence-corrected chi connectivity index (χ3v) is 4.58. The van der Waals surface area contributed by atoms with Crippen LogP contribution in [0.4, 0.5) is 0 Å². The molecule has 1 fully saturated rings. The Bertz CT molecular complexity index is 563. The lowest BCUT2D eigenvalue weighted by atomic mass is 9.97. The molecule has 0 radical (unpaired) electrons. The second-order valence-corrected chi connectivity index (χ2v) is 6.58. The third-order valence-electron chi connectivity index (χ3n) is 4.58. The molecule has 2 amide bonds. The highest BCUT2D eigenvalue weighted by atomic mass is 16.5. The maximum absolute atomic E-state index is 12.4. The molecule has 0 aromatic heterocycles. The van der Waals surface area contributed by atoms with Crippen molar-refractivity contribution in [2.75, 3.05) is 19.8 Å². The number of hydrogen-bond acceptors (Lipinski definition) is 4. The lowest BCUT2D eigenvalue weighted by Crippen LogP contribution is -2.49. The monoisotopic (exact) mass is 348 g/mol. The largest absolute Gasteiger partial charge is 0.484 e. The maximum atomic E-state index is 12.4. The van der Waals surface area contributed by atoms with E-state index in [0.717, 1.165) is 19.3 Å². The molecule has 0 saturated carbocycles. The number of aliphatic hydroxyl groups is 1. The topological polar surface area (TPSA) is 78.9 Å². The Morgan fingerprint density at radius 2 is 1.84 bits per heavy atom. The van der Waals surface area contributed by atoms with Gasteiger partial charge in [-0.3, -0.25) is 9.59 Å². The molecule has 1 aromatic rings. The normalized spacial score (nSPS) is 20.2. The molecule has 2 unspecified atom stereocenters. The number of benzene rings is 1. The van der Waals surface area contributed by atoms with E-state index >= 15 is 0 Å². The van der Waals surface area contributed by atoms with Gasteiger partial charge in [0.2, 0.25) is 0 Å². The Labute approximate surface area is 149 Å². The smallest absolute Gasteiger partial charge is 0.260 e. The molecule has 6 nitrogen and oxygen atoms in total. The number of likely N-dealkylation sites (tertiary alicyclic amines) is 1. The molecule has 0 bridgehead atoms. The van der Waals surface area contributed by atoms with E-state index in [2.05, 4.69) is 19.2 Å². The number of aliphatic hydroxyl groups excluding tert-OH is 1. The number of carbonyl (C=O) groups is 2. The van der Waals surface area contributed by atoms with Crippen molar-refractivity contribution in [3.8, 4) is 5.75 Å². The van der Waals surface area contributed by atoms with Gasteiger partial charge in [-0.15, -0.1) is 0 Å². The van der Waals surface area contributed by atoms with Crippen molar-refractivity contribution in [3.05, 3.63) is 29.8 Å². The Hall–Kier alpha value is -2.08. The predicted molar refractivity (Wildman–Crippen MR) is 95.6 cm³/mol. The summed E-state index contributed by atoms with van der Waals surface area (Å²) in [7, 11) is 0. The van der Waals surface area contributed by atoms with E-state index in [4.69, 9.17) is 9.84 Å². The minimum absolute atomic E-state index is 0.00511. The first-order valence-electron chi connectivity index (χ1n) is 8.96. The van der Waals surface area contributed by atoms with Crippen molar-refractivity contribution < 1.29 is 19.4 Å². The number of nitrogens with zero attached hydrogens (tertiary/aromatic N) is 1. The lowest BCUT2D eigenvalue weighted by Gasteiger charge is -2.38. The van der Waals surface area contributed by atoms with E-state index in [-0.39, 0.29) is 37.1 Å². The summed E-state index contributed by atoms with van der Waals surface area (Å²) >= 11 is 0. The van der Waals surface area contributed by atoms with Crippen molar-refractivity contribution in [1.29, 1.82) is 0 Å². The van der Waals surface area contributed by atoms with Crippen LogP contribution in [0.5, 0.6) is 5.75 Å². The molecule has 0 spiro atoms. The molecule has 1 aliphatic rings. The molecular formula is C19H28N2O4. The van der Waals surface area contributed by atoms with Gasteiger partial charge >= 0.3 is 0 Å². The van der Waals surface area contributed by atoms with Gasteiger partial charge in [0.15, 0.2) is 6.61 Å². The van der Waals surface area contributed by atoms with Gasteiger partial charge in [-0.2, -0.15) is 0 Å². The summed E-state index contributed by atoms with van der Waals surface area (Å²) in [6, 6.07) is 7.23. The van der Waals surface area contributed by atoms with Crippen LogP contribution in [0.15, 0.2) is 24.3 Å². The fourth-order valence-corrected chi connectivity index (χ4v) is 3.22. The predicted octanol–water partition coefficient (Wildman–Crippen LogP) is 1.97. The maximum Gasteiger partial charge on any atom is 0.260 e. The molecule has 1 heterocycles. The van der Waals surface area contributed by atoms with E-state index in [0.29, 0.717) is 24.3 Å². The van der Waals surface area contributed by atoms with Crippen molar-refractivity contribution >= 4 is 11.8 Å². The molecular weight excluding hydrogens is 320 g/mol. The van der Waals surface area contributed by atoms with Crippen molar-refractivity contribution in [2.45, 2.75) is 51.6 Å². The van der Waals surface area contributed by atoms with Crippen LogP contribution >= 0.6 is 0 Å². The van der Waals surface area contributed by atoms with Gasteiger partial charge in [-0.05, 0) is 63.8 Å². The second-order valence-electron chi connectivity index (χ2n) is 6.58. The summed E-state index contributed by atoms with van der Waals surface area (Å²) in [5, 5.41) is 11.4. The number of amides is 2. The van der Waals surface area contributed by atoms with Gasteiger partial charge < -0.3 is 20.1 Å². The minimum Gasteiger partial charge on any atom is -0.484 e. The van der Waals surface area contributed by atoms with Gasteiger partial charge in [0.25, 0.3) is 11.8 Å². The summed E-state index contributed by atoms with van der Waals surface area (Å²) in [4.78, 5) is 26.2. The van der Waals surface area contributed by atoms with Crippen LogP contribution in [0.25, 0.3) is 0 Å². The summed E-state index contributed by atoms with van der Waals surface area (Å²) < 4.78 is 5.59. The Balaban J connectivity index is 1.84. The molecule has 2 N–H and O–H groups in total. The first kappa shape index (κ1) is 19.2. The molecule has 2 rings (SSSR count). The van der Waals surface area contributed by atoms with Gasteiger partial charge in [0.1, 0.15) is 5.75 Å². The minimum atomic E-state index is -0.188. The average Bonchev–Trinajstić information content (AvgIpc) is 2.60. The van der Waals surface area contributed by atoms with Crippen LogP contribution in [-0.4, -0.2) is 53.7 Å². The molecule has 25 heavy (non-hydrogen) atoms. The number of rotatable bonds is 7. The van der Waals surface area contributed by atoms with Crippen LogP contribution in [0, 0.1) is 0 Å². The lowest BCUT2D eigenvalue weighted by molar-refractivity contribution is -0.139. The van der Waals surface area contributed by atoms with E-state index in [1.165, 1.54) is 0 Å². The third kappa shape index (κ3) is 5.46. The molecule has 2 atom stereocenters. The molecule has 6 heteroatoms. The molecule has 1 aliphatic heterocycles. The highest BCUT2D eigenvalue weighted by Gasteiger charge is 2.28. The molecule has 0 aliphatic carbocycles. The zero-order valence-corrected chi connectivity index (χ0v) is 15.0. The number of nitrogens with one attached hydrogen (secondary N) is 1. The molecule has 138 valence electrons. The highest BCUT2D eigenvalue weighted by Crippen LogP contribution is 2.22. The highest BCUT2D eigenvalue weighted by molar-refractivity contribution is 5.94. The Morgan fingerprint density at radius 3 is 2.44 bits per heavy atom. The fraction of sp³-hybridized carbons (Fsp3) is 0.579. The zero-order valence-electron chi connectivity index (χ0n) is 15.0. The standard InChI is InChI=1S/C19H28N2O4/c1-14-5-3-6-15(2)21(14)18(23)13-25-17-9-7-16(8-10-17)19(24)20-11-4-12-22/h7-10,14-15,22H,3-6,11-13H2,1-2H3,(H,20,24).